The molecule has 5 nitrogen and oxygen atoms in total. The summed E-state index contributed by atoms with van der Waals surface area (Å²) in [5.74, 6) is -0.620. The van der Waals surface area contributed by atoms with Gasteiger partial charge >= 0.3 is 5.97 Å². The van der Waals surface area contributed by atoms with Gasteiger partial charge in [0.05, 0.1) is 4.90 Å². The Hall–Kier alpha value is -2.47. The van der Waals surface area contributed by atoms with Crippen LogP contribution in [-0.2, 0) is 14.6 Å². The Morgan fingerprint density at radius 3 is 2.04 bits per heavy atom. The minimum Gasteiger partial charge on any atom is -0.425 e. The van der Waals surface area contributed by atoms with Crippen LogP contribution < -0.4 is 4.74 Å². The van der Waals surface area contributed by atoms with Gasteiger partial charge < -0.3 is 4.74 Å². The number of sulfone groups is 1. The van der Waals surface area contributed by atoms with E-state index in [1.807, 2.05) is 0 Å². The lowest BCUT2D eigenvalue weighted by Crippen LogP contribution is -2.46. The van der Waals surface area contributed by atoms with E-state index >= 15 is 0 Å². The van der Waals surface area contributed by atoms with Crippen LogP contribution in [0.5, 0.6) is 5.75 Å². The van der Waals surface area contributed by atoms with Gasteiger partial charge in [0, 0.05) is 5.56 Å². The molecule has 2 aromatic rings. The molecule has 0 bridgehead atoms. The van der Waals surface area contributed by atoms with Crippen molar-refractivity contribution in [3.63, 3.8) is 0 Å². The van der Waals surface area contributed by atoms with Gasteiger partial charge in [-0.05, 0) is 56.2 Å². The van der Waals surface area contributed by atoms with Crippen molar-refractivity contribution in [3.05, 3.63) is 60.2 Å². The molecule has 0 unspecified atom stereocenters. The maximum atomic E-state index is 13.2. The third-order valence-electron chi connectivity index (χ3n) is 4.82. The Kier molecular flexibility index (Phi) is 4.96. The Bertz CT molecular complexity index is 908. The molecule has 0 saturated heterocycles. The lowest BCUT2D eigenvalue weighted by atomic mass is 10.1. The summed E-state index contributed by atoms with van der Waals surface area (Å²) in [6.45, 7) is 1.45. The van der Waals surface area contributed by atoms with Crippen LogP contribution in [0.1, 0.15) is 43.0 Å². The minimum atomic E-state index is -3.87. The molecule has 1 saturated carbocycles. The standard InChI is InChI=1S/C20H20O5S/c1-15(21)16-9-11-17(12-10-16)25-19(22)20(13-5-6-14-20)26(23,24)18-7-3-2-4-8-18/h2-4,7-12H,5-6,13-14H2,1H3. The summed E-state index contributed by atoms with van der Waals surface area (Å²) in [6, 6.07) is 14.1. The van der Waals surface area contributed by atoms with Crippen LogP contribution in [0.15, 0.2) is 59.5 Å². The van der Waals surface area contributed by atoms with Crippen LogP contribution in [0.2, 0.25) is 0 Å². The molecule has 0 radical (unpaired) electrons. The highest BCUT2D eigenvalue weighted by molar-refractivity contribution is 7.93. The highest BCUT2D eigenvalue weighted by Gasteiger charge is 2.54. The van der Waals surface area contributed by atoms with Gasteiger partial charge in [0.2, 0.25) is 0 Å². The number of carbonyl (C=O) groups is 2. The number of Topliss-reactive ketones (excluding diaryl/α,β-unsaturated/α-hetero) is 1. The maximum absolute atomic E-state index is 13.2. The summed E-state index contributed by atoms with van der Waals surface area (Å²) < 4.78 is 30.2. The molecule has 0 atom stereocenters. The van der Waals surface area contributed by atoms with Crippen molar-refractivity contribution in [3.8, 4) is 5.75 Å². The zero-order valence-electron chi connectivity index (χ0n) is 14.5. The molecule has 0 spiro atoms. The Morgan fingerprint density at radius 2 is 1.50 bits per heavy atom. The molecule has 0 heterocycles. The number of ether oxygens (including phenoxy) is 1. The van der Waals surface area contributed by atoms with Crippen LogP contribution in [0.3, 0.4) is 0 Å². The summed E-state index contributed by atoms with van der Waals surface area (Å²) in [7, 11) is -3.87. The fourth-order valence-corrected chi connectivity index (χ4v) is 5.37. The number of hydrogen-bond donors (Lipinski definition) is 0. The lowest BCUT2D eigenvalue weighted by molar-refractivity contribution is -0.137. The zero-order chi connectivity index (χ0) is 18.8. The van der Waals surface area contributed by atoms with Crippen molar-refractivity contribution in [1.29, 1.82) is 0 Å². The molecule has 1 fully saturated rings. The van der Waals surface area contributed by atoms with Crippen LogP contribution in [0.4, 0.5) is 0 Å². The van der Waals surface area contributed by atoms with Crippen molar-refractivity contribution in [2.24, 2.45) is 0 Å². The smallest absolute Gasteiger partial charge is 0.333 e. The van der Waals surface area contributed by atoms with Gasteiger partial charge in [0.25, 0.3) is 0 Å². The van der Waals surface area contributed by atoms with Gasteiger partial charge in [0.1, 0.15) is 5.75 Å². The largest absolute Gasteiger partial charge is 0.425 e. The first kappa shape index (κ1) is 18.3. The second kappa shape index (κ2) is 7.03. The van der Waals surface area contributed by atoms with Crippen molar-refractivity contribution in [1.82, 2.24) is 0 Å². The molecule has 3 rings (SSSR count). The number of ketones is 1. The first-order chi connectivity index (χ1) is 12.4. The highest BCUT2D eigenvalue weighted by Crippen LogP contribution is 2.41. The molecule has 136 valence electrons. The van der Waals surface area contributed by atoms with Crippen molar-refractivity contribution in [2.75, 3.05) is 0 Å². The molecule has 1 aliphatic rings. The summed E-state index contributed by atoms with van der Waals surface area (Å²) in [4.78, 5) is 24.4. The predicted molar refractivity (Wildman–Crippen MR) is 96.9 cm³/mol. The van der Waals surface area contributed by atoms with E-state index in [0.29, 0.717) is 18.4 Å². The SMILES string of the molecule is CC(=O)c1ccc(OC(=O)C2(S(=O)(=O)c3ccccc3)CCCC2)cc1. The van der Waals surface area contributed by atoms with Crippen LogP contribution in [0.25, 0.3) is 0 Å². The molecule has 6 heteroatoms. The number of esters is 1. The summed E-state index contributed by atoms with van der Waals surface area (Å²) in [6.07, 6.45) is 1.80. The zero-order valence-corrected chi connectivity index (χ0v) is 15.3. The average molecular weight is 372 g/mol. The van der Waals surface area contributed by atoms with E-state index in [2.05, 4.69) is 0 Å². The molecule has 2 aromatic carbocycles. The van der Waals surface area contributed by atoms with E-state index in [1.165, 1.54) is 31.2 Å². The predicted octanol–water partition coefficient (Wildman–Crippen LogP) is 3.58. The van der Waals surface area contributed by atoms with Crippen molar-refractivity contribution in [2.45, 2.75) is 42.2 Å². The monoisotopic (exact) mass is 372 g/mol. The molecule has 26 heavy (non-hydrogen) atoms. The van der Waals surface area contributed by atoms with Crippen LogP contribution in [0, 0.1) is 0 Å². The fourth-order valence-electron chi connectivity index (χ4n) is 3.31. The molecule has 0 amide bonds. The van der Waals surface area contributed by atoms with Crippen molar-refractivity contribution >= 4 is 21.6 Å². The van der Waals surface area contributed by atoms with E-state index in [9.17, 15) is 18.0 Å². The second-order valence-corrected chi connectivity index (χ2v) is 8.75. The van der Waals surface area contributed by atoms with E-state index in [-0.39, 0.29) is 29.3 Å². The van der Waals surface area contributed by atoms with Gasteiger partial charge in [0.15, 0.2) is 20.4 Å². The van der Waals surface area contributed by atoms with E-state index in [1.54, 1.807) is 30.3 Å². The summed E-state index contributed by atoms with van der Waals surface area (Å²) in [5.41, 5.74) is 0.497. The summed E-state index contributed by atoms with van der Waals surface area (Å²) >= 11 is 0. The second-order valence-electron chi connectivity index (χ2n) is 6.49. The van der Waals surface area contributed by atoms with Gasteiger partial charge in [-0.15, -0.1) is 0 Å². The Labute approximate surface area is 152 Å². The van der Waals surface area contributed by atoms with Crippen molar-refractivity contribution < 1.29 is 22.7 Å². The molecule has 1 aliphatic carbocycles. The Balaban J connectivity index is 1.92. The van der Waals surface area contributed by atoms with E-state index in [4.69, 9.17) is 4.74 Å². The van der Waals surface area contributed by atoms with Gasteiger partial charge in [-0.1, -0.05) is 31.0 Å². The average Bonchev–Trinajstić information content (AvgIpc) is 3.15. The third kappa shape index (κ3) is 3.17. The molecular weight excluding hydrogens is 352 g/mol. The lowest BCUT2D eigenvalue weighted by Gasteiger charge is -2.26. The highest BCUT2D eigenvalue weighted by atomic mass is 32.2. The normalized spacial score (nSPS) is 16.2. The third-order valence-corrected chi connectivity index (χ3v) is 7.32. The first-order valence-corrected chi connectivity index (χ1v) is 9.98. The fraction of sp³-hybridized carbons (Fsp3) is 0.300. The van der Waals surface area contributed by atoms with E-state index < -0.39 is 20.6 Å². The number of hydrogen-bond acceptors (Lipinski definition) is 5. The van der Waals surface area contributed by atoms with Gasteiger partial charge in [-0.25, -0.2) is 13.2 Å². The topological polar surface area (TPSA) is 77.5 Å². The Morgan fingerprint density at radius 1 is 0.923 bits per heavy atom. The molecular formula is C20H20O5S. The molecule has 0 N–H and O–H groups in total. The first-order valence-electron chi connectivity index (χ1n) is 8.50. The number of rotatable bonds is 5. The number of benzene rings is 2. The quantitative estimate of drug-likeness (QED) is 0.455. The van der Waals surface area contributed by atoms with Gasteiger partial charge in [-0.3, -0.25) is 4.79 Å². The van der Waals surface area contributed by atoms with E-state index in [0.717, 1.165) is 0 Å². The minimum absolute atomic E-state index is 0.0956. The van der Waals surface area contributed by atoms with Crippen LogP contribution in [-0.4, -0.2) is 24.9 Å². The summed E-state index contributed by atoms with van der Waals surface area (Å²) in [5, 5.41) is 0. The molecule has 0 aliphatic heterocycles. The maximum Gasteiger partial charge on any atom is 0.333 e. The molecule has 0 aromatic heterocycles. The van der Waals surface area contributed by atoms with Crippen LogP contribution >= 0.6 is 0 Å². The van der Waals surface area contributed by atoms with Gasteiger partial charge in [-0.2, -0.15) is 0 Å². The number of carbonyl (C=O) groups excluding carboxylic acids is 2.